The van der Waals surface area contributed by atoms with Crippen LogP contribution in [-0.4, -0.2) is 41.3 Å². The molecule has 26 heavy (non-hydrogen) atoms. The summed E-state index contributed by atoms with van der Waals surface area (Å²) < 4.78 is 0. The summed E-state index contributed by atoms with van der Waals surface area (Å²) in [5.41, 5.74) is 7.50. The van der Waals surface area contributed by atoms with Crippen LogP contribution in [0.5, 0.6) is 0 Å². The van der Waals surface area contributed by atoms with Crippen LogP contribution in [0.25, 0.3) is 0 Å². The second-order valence-corrected chi connectivity index (χ2v) is 6.80. The monoisotopic (exact) mass is 416 g/mol. The van der Waals surface area contributed by atoms with Gasteiger partial charge in [-0.2, -0.15) is 0 Å². The molecule has 2 atom stereocenters. The van der Waals surface area contributed by atoms with Crippen LogP contribution in [0.2, 0.25) is 0 Å². The Bertz CT molecular complexity index is 741. The number of halogens is 2. The molecule has 2 aromatic rings. The topological polar surface area (TPSA) is 88.3 Å². The normalized spacial score (nSPS) is 18.6. The fourth-order valence-electron chi connectivity index (χ4n) is 3.10. The summed E-state index contributed by atoms with van der Waals surface area (Å²) in [5, 5.41) is 4.73. The number of hydrogen-bond acceptors (Lipinski definition) is 5. The molecule has 1 saturated heterocycles. The minimum absolute atomic E-state index is 0. The standard InChI is InChI=1S/C17H20N4O2S.2ClH/c1-11(22)19-17-20-15(10-24-17)16(23)21-8-13(7-18)14(9-21)12-5-3-2-4-6-12;;/h2-6,10,13-14H,7-9,18H2,1H3,(H,19,20,22);2*1H/t13-,14+;;/m1../s1. The average Bonchev–Trinajstić information content (AvgIpc) is 3.21. The summed E-state index contributed by atoms with van der Waals surface area (Å²) in [4.78, 5) is 29.8. The Hall–Kier alpha value is -1.67. The maximum absolute atomic E-state index is 12.7. The molecule has 1 fully saturated rings. The van der Waals surface area contributed by atoms with Gasteiger partial charge in [0.2, 0.25) is 5.91 Å². The molecule has 1 aromatic heterocycles. The molecule has 1 aliphatic heterocycles. The van der Waals surface area contributed by atoms with Crippen molar-refractivity contribution in [2.24, 2.45) is 11.7 Å². The van der Waals surface area contributed by atoms with E-state index in [0.717, 1.165) is 0 Å². The zero-order valence-electron chi connectivity index (χ0n) is 14.3. The highest BCUT2D eigenvalue weighted by Gasteiger charge is 2.36. The van der Waals surface area contributed by atoms with E-state index in [2.05, 4.69) is 22.4 Å². The van der Waals surface area contributed by atoms with Crippen LogP contribution in [0.4, 0.5) is 5.13 Å². The minimum atomic E-state index is -0.197. The predicted molar refractivity (Wildman–Crippen MR) is 109 cm³/mol. The van der Waals surface area contributed by atoms with Crippen LogP contribution in [0.3, 0.4) is 0 Å². The molecule has 6 nitrogen and oxygen atoms in total. The van der Waals surface area contributed by atoms with Gasteiger partial charge < -0.3 is 16.0 Å². The molecule has 0 radical (unpaired) electrons. The van der Waals surface area contributed by atoms with E-state index in [1.54, 1.807) is 5.38 Å². The maximum atomic E-state index is 12.7. The molecule has 3 N–H and O–H groups in total. The number of anilines is 1. The van der Waals surface area contributed by atoms with Gasteiger partial charge in [0.25, 0.3) is 5.91 Å². The van der Waals surface area contributed by atoms with E-state index in [0.29, 0.717) is 30.5 Å². The highest BCUT2D eigenvalue weighted by molar-refractivity contribution is 7.14. The molecule has 0 bridgehead atoms. The number of nitrogens with one attached hydrogen (secondary N) is 1. The Morgan fingerprint density at radius 3 is 2.58 bits per heavy atom. The second kappa shape index (κ2) is 9.87. The Labute approximate surface area is 169 Å². The predicted octanol–water partition coefficient (Wildman–Crippen LogP) is 2.76. The Morgan fingerprint density at radius 2 is 1.96 bits per heavy atom. The number of aromatic nitrogens is 1. The molecule has 0 spiro atoms. The van der Waals surface area contributed by atoms with Crippen LogP contribution in [-0.2, 0) is 4.79 Å². The summed E-state index contributed by atoms with van der Waals surface area (Å²) in [6, 6.07) is 10.2. The van der Waals surface area contributed by atoms with Crippen molar-refractivity contribution in [3.8, 4) is 0 Å². The third-order valence-electron chi connectivity index (χ3n) is 4.26. The lowest BCUT2D eigenvalue weighted by Gasteiger charge is -2.16. The molecular formula is C17H22Cl2N4O2S. The number of amides is 2. The van der Waals surface area contributed by atoms with Gasteiger partial charge in [-0.15, -0.1) is 36.2 Å². The average molecular weight is 417 g/mol. The van der Waals surface area contributed by atoms with Gasteiger partial charge in [-0.1, -0.05) is 30.3 Å². The van der Waals surface area contributed by atoms with Crippen molar-refractivity contribution >= 4 is 53.1 Å². The van der Waals surface area contributed by atoms with Crippen molar-refractivity contribution in [1.82, 2.24) is 9.88 Å². The van der Waals surface area contributed by atoms with Crippen LogP contribution < -0.4 is 11.1 Å². The highest BCUT2D eigenvalue weighted by Crippen LogP contribution is 2.33. The number of hydrogen-bond donors (Lipinski definition) is 2. The van der Waals surface area contributed by atoms with Gasteiger partial charge >= 0.3 is 0 Å². The van der Waals surface area contributed by atoms with E-state index in [-0.39, 0.29) is 48.5 Å². The van der Waals surface area contributed by atoms with Gasteiger partial charge in [0.15, 0.2) is 5.13 Å². The zero-order valence-corrected chi connectivity index (χ0v) is 16.7. The van der Waals surface area contributed by atoms with E-state index in [9.17, 15) is 9.59 Å². The number of thiazole rings is 1. The largest absolute Gasteiger partial charge is 0.336 e. The number of carbonyl (C=O) groups excluding carboxylic acids is 2. The number of rotatable bonds is 4. The maximum Gasteiger partial charge on any atom is 0.273 e. The van der Waals surface area contributed by atoms with Crippen molar-refractivity contribution in [3.05, 3.63) is 47.0 Å². The molecule has 1 aliphatic rings. The number of benzene rings is 1. The summed E-state index contributed by atoms with van der Waals surface area (Å²) in [6.07, 6.45) is 0. The van der Waals surface area contributed by atoms with Gasteiger partial charge in [0.05, 0.1) is 0 Å². The van der Waals surface area contributed by atoms with Crippen LogP contribution >= 0.6 is 36.2 Å². The van der Waals surface area contributed by atoms with Gasteiger partial charge in [-0.25, -0.2) is 4.98 Å². The molecule has 0 unspecified atom stereocenters. The lowest BCUT2D eigenvalue weighted by molar-refractivity contribution is -0.114. The molecular weight excluding hydrogens is 395 g/mol. The van der Waals surface area contributed by atoms with Gasteiger partial charge in [-0.05, 0) is 18.0 Å². The number of likely N-dealkylation sites (tertiary alicyclic amines) is 1. The van der Waals surface area contributed by atoms with Crippen molar-refractivity contribution in [1.29, 1.82) is 0 Å². The Balaban J connectivity index is 0.00000169. The van der Waals surface area contributed by atoms with Crippen LogP contribution in [0, 0.1) is 5.92 Å². The van der Waals surface area contributed by atoms with Crippen LogP contribution in [0.15, 0.2) is 35.7 Å². The molecule has 142 valence electrons. The first-order valence-corrected chi connectivity index (χ1v) is 8.74. The number of nitrogens with zero attached hydrogens (tertiary/aromatic N) is 2. The second-order valence-electron chi connectivity index (χ2n) is 5.94. The smallest absolute Gasteiger partial charge is 0.273 e. The minimum Gasteiger partial charge on any atom is -0.336 e. The summed E-state index contributed by atoms with van der Waals surface area (Å²) in [6.45, 7) is 3.22. The van der Waals surface area contributed by atoms with Crippen molar-refractivity contribution in [3.63, 3.8) is 0 Å². The van der Waals surface area contributed by atoms with Crippen LogP contribution in [0.1, 0.15) is 28.9 Å². The third kappa shape index (κ3) is 4.94. The fourth-order valence-corrected chi connectivity index (χ4v) is 3.83. The summed E-state index contributed by atoms with van der Waals surface area (Å²) in [5.74, 6) is 0.176. The van der Waals surface area contributed by atoms with Gasteiger partial charge in [-0.3, -0.25) is 9.59 Å². The number of nitrogens with two attached hydrogens (primary N) is 1. The number of carbonyl (C=O) groups is 2. The molecule has 0 aliphatic carbocycles. The lowest BCUT2D eigenvalue weighted by atomic mass is 9.89. The zero-order chi connectivity index (χ0) is 17.1. The van der Waals surface area contributed by atoms with Crippen molar-refractivity contribution in [2.45, 2.75) is 12.8 Å². The fraction of sp³-hybridized carbons (Fsp3) is 0.353. The first-order chi connectivity index (χ1) is 11.6. The molecule has 0 saturated carbocycles. The van der Waals surface area contributed by atoms with Gasteiger partial charge in [0.1, 0.15) is 5.69 Å². The van der Waals surface area contributed by atoms with E-state index in [1.807, 2.05) is 23.1 Å². The van der Waals surface area contributed by atoms with Crippen molar-refractivity contribution < 1.29 is 9.59 Å². The molecule has 2 heterocycles. The van der Waals surface area contributed by atoms with E-state index < -0.39 is 0 Å². The molecule has 1 aromatic carbocycles. The quantitative estimate of drug-likeness (QED) is 0.801. The molecule has 3 rings (SSSR count). The van der Waals surface area contributed by atoms with E-state index in [4.69, 9.17) is 5.73 Å². The Morgan fingerprint density at radius 1 is 1.27 bits per heavy atom. The highest BCUT2D eigenvalue weighted by atomic mass is 35.5. The van der Waals surface area contributed by atoms with Crippen molar-refractivity contribution in [2.75, 3.05) is 25.0 Å². The van der Waals surface area contributed by atoms with E-state index in [1.165, 1.54) is 23.8 Å². The molecule has 9 heteroatoms. The van der Waals surface area contributed by atoms with E-state index >= 15 is 0 Å². The molecule has 2 amide bonds. The summed E-state index contributed by atoms with van der Waals surface area (Å²) in [7, 11) is 0. The first-order valence-electron chi connectivity index (χ1n) is 7.86. The first kappa shape index (κ1) is 22.4. The Kier molecular flexibility index (Phi) is 8.49. The summed E-state index contributed by atoms with van der Waals surface area (Å²) >= 11 is 1.25. The lowest BCUT2D eigenvalue weighted by Crippen LogP contribution is -2.30. The van der Waals surface area contributed by atoms with Gasteiger partial charge in [0, 0.05) is 31.3 Å². The SMILES string of the molecule is CC(=O)Nc1nc(C(=O)N2C[C@@H](CN)[C@H](c3ccccc3)C2)cs1.Cl.Cl. The third-order valence-corrected chi connectivity index (χ3v) is 5.02.